The highest BCUT2D eigenvalue weighted by atomic mass is 35.5. The van der Waals surface area contributed by atoms with Crippen LogP contribution in [0.5, 0.6) is 5.75 Å². The third-order valence-corrected chi connectivity index (χ3v) is 5.94. The number of hydrogen-bond acceptors (Lipinski definition) is 3. The molecule has 3 aromatic rings. The van der Waals surface area contributed by atoms with E-state index in [1.54, 1.807) is 11.0 Å². The summed E-state index contributed by atoms with van der Waals surface area (Å²) in [5.41, 5.74) is 3.34. The second kappa shape index (κ2) is 12.1. The molecular formula is C30H35ClN2O3. The van der Waals surface area contributed by atoms with Crippen molar-refractivity contribution < 1.29 is 14.3 Å². The first-order valence-electron chi connectivity index (χ1n) is 12.1. The van der Waals surface area contributed by atoms with E-state index in [1.165, 1.54) is 0 Å². The Morgan fingerprint density at radius 3 is 2.31 bits per heavy atom. The number of carbonyl (C=O) groups is 2. The minimum absolute atomic E-state index is 0.182. The highest BCUT2D eigenvalue weighted by molar-refractivity contribution is 6.30. The Kier molecular flexibility index (Phi) is 9.16. The Bertz CT molecular complexity index is 1190. The minimum atomic E-state index is -0.736. The lowest BCUT2D eigenvalue weighted by Gasteiger charge is -2.34. The Morgan fingerprint density at radius 2 is 1.64 bits per heavy atom. The van der Waals surface area contributed by atoms with Gasteiger partial charge < -0.3 is 15.0 Å². The third kappa shape index (κ3) is 8.13. The van der Waals surface area contributed by atoms with Crippen molar-refractivity contribution in [1.82, 2.24) is 10.2 Å². The van der Waals surface area contributed by atoms with Crippen LogP contribution in [0.3, 0.4) is 0 Å². The summed E-state index contributed by atoms with van der Waals surface area (Å²) < 4.78 is 5.95. The van der Waals surface area contributed by atoms with E-state index in [0.29, 0.717) is 17.2 Å². The van der Waals surface area contributed by atoms with E-state index < -0.39 is 11.6 Å². The monoisotopic (exact) mass is 506 g/mol. The molecule has 2 amide bonds. The summed E-state index contributed by atoms with van der Waals surface area (Å²) in [7, 11) is 0. The zero-order valence-electron chi connectivity index (χ0n) is 21.7. The molecule has 0 spiro atoms. The summed E-state index contributed by atoms with van der Waals surface area (Å²) >= 11 is 6.23. The Hall–Kier alpha value is -3.31. The summed E-state index contributed by atoms with van der Waals surface area (Å²) in [4.78, 5) is 28.9. The Morgan fingerprint density at radius 1 is 0.944 bits per heavy atom. The SMILES string of the molecule is Cc1ccc(C)c(OCC(=O)N(Cc2cccc(Cl)c2)C(Cc2ccccc2)C(=O)NC(C)(C)C)c1. The first-order chi connectivity index (χ1) is 17.0. The molecule has 5 nitrogen and oxygen atoms in total. The van der Waals surface area contributed by atoms with Gasteiger partial charge in [0.2, 0.25) is 5.91 Å². The number of carbonyl (C=O) groups excluding carboxylic acids is 2. The van der Waals surface area contributed by atoms with E-state index >= 15 is 0 Å². The van der Waals surface area contributed by atoms with Gasteiger partial charge >= 0.3 is 0 Å². The largest absolute Gasteiger partial charge is 0.483 e. The van der Waals surface area contributed by atoms with E-state index in [1.807, 2.05) is 101 Å². The summed E-state index contributed by atoms with van der Waals surface area (Å²) in [6.07, 6.45) is 0.374. The lowest BCUT2D eigenvalue weighted by Crippen LogP contribution is -2.55. The first kappa shape index (κ1) is 27.3. The van der Waals surface area contributed by atoms with Crippen molar-refractivity contribution in [3.8, 4) is 5.75 Å². The van der Waals surface area contributed by atoms with Crippen LogP contribution >= 0.6 is 11.6 Å². The standard InChI is InChI=1S/C30H35ClN2O3/c1-21-14-15-22(2)27(16-21)36-20-28(34)33(19-24-12-9-13-25(31)17-24)26(29(35)32-30(3,4)5)18-23-10-7-6-8-11-23/h6-17,26H,18-20H2,1-5H3,(H,32,35). The van der Waals surface area contributed by atoms with Gasteiger partial charge in [-0.25, -0.2) is 0 Å². The summed E-state index contributed by atoms with van der Waals surface area (Å²) in [6, 6.07) is 22.2. The molecule has 3 aromatic carbocycles. The number of hydrogen-bond donors (Lipinski definition) is 1. The van der Waals surface area contributed by atoms with E-state index in [2.05, 4.69) is 5.32 Å². The van der Waals surface area contributed by atoms with E-state index in [0.717, 1.165) is 22.3 Å². The second-order valence-corrected chi connectivity index (χ2v) is 10.6. The van der Waals surface area contributed by atoms with E-state index in [4.69, 9.17) is 16.3 Å². The highest BCUT2D eigenvalue weighted by Gasteiger charge is 2.32. The van der Waals surface area contributed by atoms with Crippen LogP contribution in [-0.4, -0.2) is 34.9 Å². The van der Waals surface area contributed by atoms with Gasteiger partial charge in [0, 0.05) is 23.5 Å². The molecule has 6 heteroatoms. The van der Waals surface area contributed by atoms with Gasteiger partial charge in [0.15, 0.2) is 6.61 Å². The van der Waals surface area contributed by atoms with Gasteiger partial charge in [-0.1, -0.05) is 66.2 Å². The molecule has 0 saturated carbocycles. The average Bonchev–Trinajstić information content (AvgIpc) is 2.81. The van der Waals surface area contributed by atoms with Gasteiger partial charge in [0.05, 0.1) is 0 Å². The summed E-state index contributed by atoms with van der Waals surface area (Å²) in [5, 5.41) is 3.64. The van der Waals surface area contributed by atoms with Crippen molar-refractivity contribution in [3.63, 3.8) is 0 Å². The van der Waals surface area contributed by atoms with Crippen molar-refractivity contribution in [2.45, 2.75) is 59.2 Å². The number of aryl methyl sites for hydroxylation is 2. The van der Waals surface area contributed by atoms with Crippen LogP contribution in [-0.2, 0) is 22.6 Å². The average molecular weight is 507 g/mol. The quantitative estimate of drug-likeness (QED) is 0.393. The van der Waals surface area contributed by atoms with Gasteiger partial charge in [0.1, 0.15) is 11.8 Å². The fraction of sp³-hybridized carbons (Fsp3) is 0.333. The van der Waals surface area contributed by atoms with E-state index in [9.17, 15) is 9.59 Å². The topological polar surface area (TPSA) is 58.6 Å². The van der Waals surface area contributed by atoms with Gasteiger partial charge in [0.25, 0.3) is 5.91 Å². The third-order valence-electron chi connectivity index (χ3n) is 5.71. The lowest BCUT2D eigenvalue weighted by atomic mass is 10.0. The number of rotatable bonds is 9. The predicted molar refractivity (Wildman–Crippen MR) is 145 cm³/mol. The number of nitrogens with zero attached hydrogens (tertiary/aromatic N) is 1. The highest BCUT2D eigenvalue weighted by Crippen LogP contribution is 2.21. The van der Waals surface area contributed by atoms with Crippen molar-refractivity contribution in [2.24, 2.45) is 0 Å². The van der Waals surface area contributed by atoms with Gasteiger partial charge in [-0.3, -0.25) is 9.59 Å². The first-order valence-corrected chi connectivity index (χ1v) is 12.5. The molecule has 0 aliphatic heterocycles. The van der Waals surface area contributed by atoms with Crippen LogP contribution in [0, 0.1) is 13.8 Å². The molecule has 1 unspecified atom stereocenters. The van der Waals surface area contributed by atoms with Crippen LogP contribution in [0.15, 0.2) is 72.8 Å². The van der Waals surface area contributed by atoms with Gasteiger partial charge in [-0.05, 0) is 75.1 Å². The maximum atomic E-state index is 13.7. The molecule has 36 heavy (non-hydrogen) atoms. The summed E-state index contributed by atoms with van der Waals surface area (Å²) in [5.74, 6) is 0.166. The number of benzene rings is 3. The normalized spacial score (nSPS) is 12.1. The molecule has 0 aromatic heterocycles. The van der Waals surface area contributed by atoms with E-state index in [-0.39, 0.29) is 25.0 Å². The van der Waals surface area contributed by atoms with Crippen LogP contribution < -0.4 is 10.1 Å². The van der Waals surface area contributed by atoms with Crippen molar-refractivity contribution >= 4 is 23.4 Å². The fourth-order valence-electron chi connectivity index (χ4n) is 3.92. The maximum absolute atomic E-state index is 13.7. The maximum Gasteiger partial charge on any atom is 0.261 e. The van der Waals surface area contributed by atoms with Crippen molar-refractivity contribution in [1.29, 1.82) is 0 Å². The predicted octanol–water partition coefficient (Wildman–Crippen LogP) is 5.89. The molecule has 0 saturated heterocycles. The molecular weight excluding hydrogens is 472 g/mol. The van der Waals surface area contributed by atoms with Crippen LogP contribution in [0.25, 0.3) is 0 Å². The van der Waals surface area contributed by atoms with Crippen LogP contribution in [0.4, 0.5) is 0 Å². The Labute approximate surface area is 219 Å². The number of halogens is 1. The molecule has 0 radical (unpaired) electrons. The zero-order chi connectivity index (χ0) is 26.3. The minimum Gasteiger partial charge on any atom is -0.483 e. The number of ether oxygens (including phenoxy) is 1. The van der Waals surface area contributed by atoms with Crippen LogP contribution in [0.1, 0.15) is 43.0 Å². The molecule has 0 bridgehead atoms. The Balaban J connectivity index is 1.95. The zero-order valence-corrected chi connectivity index (χ0v) is 22.4. The molecule has 0 fully saturated rings. The fourth-order valence-corrected chi connectivity index (χ4v) is 4.14. The van der Waals surface area contributed by atoms with Gasteiger partial charge in [-0.15, -0.1) is 0 Å². The number of amides is 2. The molecule has 190 valence electrons. The summed E-state index contributed by atoms with van der Waals surface area (Å²) in [6.45, 7) is 9.75. The molecule has 1 N–H and O–H groups in total. The van der Waals surface area contributed by atoms with Crippen molar-refractivity contribution in [2.75, 3.05) is 6.61 Å². The second-order valence-electron chi connectivity index (χ2n) is 10.2. The smallest absolute Gasteiger partial charge is 0.261 e. The molecule has 1 atom stereocenters. The van der Waals surface area contributed by atoms with Crippen LogP contribution in [0.2, 0.25) is 5.02 Å². The number of nitrogens with one attached hydrogen (secondary N) is 1. The molecule has 3 rings (SSSR count). The van der Waals surface area contributed by atoms with Crippen molar-refractivity contribution in [3.05, 3.63) is 100 Å². The lowest BCUT2D eigenvalue weighted by molar-refractivity contribution is -0.143. The molecule has 0 aliphatic rings. The van der Waals surface area contributed by atoms with Gasteiger partial charge in [-0.2, -0.15) is 0 Å². The molecule has 0 heterocycles. The molecule has 0 aliphatic carbocycles.